The molecule has 6 heteroatoms. The van der Waals surface area contributed by atoms with Gasteiger partial charge in [-0.1, -0.05) is 19.9 Å². The molecule has 0 aliphatic rings. The first kappa shape index (κ1) is 14.5. The van der Waals surface area contributed by atoms with E-state index in [0.29, 0.717) is 25.8 Å². The van der Waals surface area contributed by atoms with E-state index in [-0.39, 0.29) is 5.91 Å². The summed E-state index contributed by atoms with van der Waals surface area (Å²) in [6.45, 7) is 4.36. The second-order valence-corrected chi connectivity index (χ2v) is 4.91. The van der Waals surface area contributed by atoms with Gasteiger partial charge in [0.25, 0.3) is 0 Å². The predicted octanol–water partition coefficient (Wildman–Crippen LogP) is 0.905. The number of nitrogens with one attached hydrogen (secondary N) is 1. The molecule has 2 heterocycles. The fourth-order valence-corrected chi connectivity index (χ4v) is 2.10. The van der Waals surface area contributed by atoms with Crippen LogP contribution in [0.1, 0.15) is 32.5 Å². The number of hydrogen-bond donors (Lipinski definition) is 2. The highest BCUT2D eigenvalue weighted by atomic mass is 16.2. The van der Waals surface area contributed by atoms with Crippen LogP contribution in [-0.2, 0) is 11.2 Å². The topological polar surface area (TPSA) is 85.3 Å². The zero-order chi connectivity index (χ0) is 14.6. The van der Waals surface area contributed by atoms with Gasteiger partial charge in [-0.25, -0.2) is 0 Å². The van der Waals surface area contributed by atoms with Crippen LogP contribution in [0.5, 0.6) is 0 Å². The highest BCUT2D eigenvalue weighted by molar-refractivity contribution is 5.85. The molecule has 0 spiro atoms. The molecular formula is C14H21N5O. The van der Waals surface area contributed by atoms with E-state index in [0.717, 1.165) is 11.5 Å². The molecule has 0 bridgehead atoms. The normalized spacial score (nSPS) is 11.8. The molecule has 2 aromatic rings. The lowest BCUT2D eigenvalue weighted by Crippen LogP contribution is -2.53. The van der Waals surface area contributed by atoms with E-state index in [1.54, 1.807) is 0 Å². The minimum Gasteiger partial charge on any atom is -0.354 e. The van der Waals surface area contributed by atoms with Gasteiger partial charge in [-0.15, -0.1) is 10.2 Å². The van der Waals surface area contributed by atoms with Gasteiger partial charge >= 0.3 is 0 Å². The van der Waals surface area contributed by atoms with Gasteiger partial charge in [-0.3, -0.25) is 9.20 Å². The van der Waals surface area contributed by atoms with Crippen LogP contribution in [0.4, 0.5) is 0 Å². The first-order valence-electron chi connectivity index (χ1n) is 6.96. The van der Waals surface area contributed by atoms with Gasteiger partial charge in [0.1, 0.15) is 5.82 Å². The van der Waals surface area contributed by atoms with Crippen molar-refractivity contribution in [3.05, 3.63) is 30.2 Å². The van der Waals surface area contributed by atoms with Crippen molar-refractivity contribution < 1.29 is 4.79 Å². The lowest BCUT2D eigenvalue weighted by molar-refractivity contribution is -0.126. The molecule has 0 saturated carbocycles. The third-order valence-electron chi connectivity index (χ3n) is 3.73. The van der Waals surface area contributed by atoms with E-state index >= 15 is 0 Å². The van der Waals surface area contributed by atoms with Crippen LogP contribution in [0.25, 0.3) is 5.65 Å². The summed E-state index contributed by atoms with van der Waals surface area (Å²) in [5, 5.41) is 11.1. The number of aromatic nitrogens is 3. The summed E-state index contributed by atoms with van der Waals surface area (Å²) in [5.74, 6) is 0.729. The van der Waals surface area contributed by atoms with Crippen molar-refractivity contribution in [2.75, 3.05) is 6.54 Å². The minimum atomic E-state index is -0.771. The number of fused-ring (bicyclic) bond motifs is 1. The third-order valence-corrected chi connectivity index (χ3v) is 3.73. The van der Waals surface area contributed by atoms with Crippen molar-refractivity contribution in [3.8, 4) is 0 Å². The van der Waals surface area contributed by atoms with Gasteiger partial charge in [0, 0.05) is 19.2 Å². The lowest BCUT2D eigenvalue weighted by atomic mass is 9.93. The van der Waals surface area contributed by atoms with Gasteiger partial charge in [0.05, 0.1) is 5.54 Å². The summed E-state index contributed by atoms with van der Waals surface area (Å²) in [6, 6.07) is 5.74. The number of pyridine rings is 1. The first-order valence-corrected chi connectivity index (χ1v) is 6.96. The molecule has 20 heavy (non-hydrogen) atoms. The Hall–Kier alpha value is -1.95. The minimum absolute atomic E-state index is 0.101. The van der Waals surface area contributed by atoms with Crippen molar-refractivity contribution in [3.63, 3.8) is 0 Å². The highest BCUT2D eigenvalue weighted by Gasteiger charge is 2.29. The molecule has 1 amide bonds. The van der Waals surface area contributed by atoms with E-state index in [2.05, 4.69) is 15.5 Å². The van der Waals surface area contributed by atoms with Crippen molar-refractivity contribution >= 4 is 11.6 Å². The molecular weight excluding hydrogens is 254 g/mol. The molecule has 0 fully saturated rings. The van der Waals surface area contributed by atoms with Crippen LogP contribution in [0, 0.1) is 0 Å². The van der Waals surface area contributed by atoms with Crippen molar-refractivity contribution in [2.24, 2.45) is 5.73 Å². The van der Waals surface area contributed by atoms with Crippen LogP contribution in [-0.4, -0.2) is 32.6 Å². The van der Waals surface area contributed by atoms with Crippen LogP contribution >= 0.6 is 0 Å². The molecule has 0 atom stereocenters. The van der Waals surface area contributed by atoms with Crippen molar-refractivity contribution in [1.29, 1.82) is 0 Å². The number of carbonyl (C=O) groups is 1. The Balaban J connectivity index is 1.95. The van der Waals surface area contributed by atoms with E-state index in [1.807, 2.05) is 42.6 Å². The Bertz CT molecular complexity index is 588. The van der Waals surface area contributed by atoms with Crippen molar-refractivity contribution in [2.45, 2.75) is 38.6 Å². The van der Waals surface area contributed by atoms with E-state index in [9.17, 15) is 4.79 Å². The Morgan fingerprint density at radius 2 is 2.10 bits per heavy atom. The maximum Gasteiger partial charge on any atom is 0.240 e. The molecule has 108 valence electrons. The third kappa shape index (κ3) is 2.80. The molecule has 2 aromatic heterocycles. The smallest absolute Gasteiger partial charge is 0.240 e. The quantitative estimate of drug-likeness (QED) is 0.820. The number of rotatable bonds is 6. The number of hydrogen-bond acceptors (Lipinski definition) is 4. The Morgan fingerprint density at radius 1 is 1.35 bits per heavy atom. The number of carbonyl (C=O) groups excluding carboxylic acids is 1. The van der Waals surface area contributed by atoms with Gasteiger partial charge in [0.15, 0.2) is 5.65 Å². The predicted molar refractivity (Wildman–Crippen MR) is 77.2 cm³/mol. The molecule has 6 nitrogen and oxygen atoms in total. The van der Waals surface area contributed by atoms with Crippen LogP contribution in [0.3, 0.4) is 0 Å². The summed E-state index contributed by atoms with van der Waals surface area (Å²) in [4.78, 5) is 12.0. The molecule has 3 N–H and O–H groups in total. The Morgan fingerprint density at radius 3 is 2.80 bits per heavy atom. The summed E-state index contributed by atoms with van der Waals surface area (Å²) in [5.41, 5.74) is 6.08. The van der Waals surface area contributed by atoms with Gasteiger partial charge in [-0.2, -0.15) is 0 Å². The van der Waals surface area contributed by atoms with Crippen LogP contribution < -0.4 is 11.1 Å². The zero-order valence-electron chi connectivity index (χ0n) is 12.0. The summed E-state index contributed by atoms with van der Waals surface area (Å²) in [6.07, 6.45) is 3.80. The maximum absolute atomic E-state index is 12.0. The van der Waals surface area contributed by atoms with Gasteiger partial charge in [-0.05, 0) is 25.0 Å². The van der Waals surface area contributed by atoms with E-state index in [1.165, 1.54) is 0 Å². The second-order valence-electron chi connectivity index (χ2n) is 4.91. The number of amides is 1. The average molecular weight is 275 g/mol. The summed E-state index contributed by atoms with van der Waals surface area (Å²) in [7, 11) is 0. The van der Waals surface area contributed by atoms with E-state index < -0.39 is 5.54 Å². The average Bonchev–Trinajstić information content (AvgIpc) is 2.90. The Kier molecular flexibility index (Phi) is 4.34. The standard InChI is InChI=1S/C14H21N5O/c1-3-14(15,4-2)13(20)16-9-8-12-18-17-11-7-5-6-10-19(11)12/h5-7,10H,3-4,8-9,15H2,1-2H3,(H,16,20). The number of nitrogens with zero attached hydrogens (tertiary/aromatic N) is 3. The summed E-state index contributed by atoms with van der Waals surface area (Å²) >= 11 is 0. The second kappa shape index (κ2) is 6.00. The molecule has 0 unspecified atom stereocenters. The SMILES string of the molecule is CCC(N)(CC)C(=O)NCCc1nnc2ccccn12. The van der Waals surface area contributed by atoms with Gasteiger partial charge in [0.2, 0.25) is 5.91 Å². The zero-order valence-corrected chi connectivity index (χ0v) is 12.0. The van der Waals surface area contributed by atoms with E-state index in [4.69, 9.17) is 5.73 Å². The summed E-state index contributed by atoms with van der Waals surface area (Å²) < 4.78 is 1.92. The highest BCUT2D eigenvalue weighted by Crippen LogP contribution is 2.11. The molecule has 0 saturated heterocycles. The molecule has 2 rings (SSSR count). The first-order chi connectivity index (χ1) is 9.60. The van der Waals surface area contributed by atoms with Crippen LogP contribution in [0.15, 0.2) is 24.4 Å². The molecule has 0 radical (unpaired) electrons. The largest absolute Gasteiger partial charge is 0.354 e. The Labute approximate surface area is 118 Å². The van der Waals surface area contributed by atoms with Gasteiger partial charge < -0.3 is 11.1 Å². The molecule has 0 aliphatic heterocycles. The lowest BCUT2D eigenvalue weighted by Gasteiger charge is -2.25. The monoisotopic (exact) mass is 275 g/mol. The number of nitrogens with two attached hydrogens (primary N) is 1. The fraction of sp³-hybridized carbons (Fsp3) is 0.500. The fourth-order valence-electron chi connectivity index (χ4n) is 2.10. The molecule has 0 aliphatic carbocycles. The molecule has 0 aromatic carbocycles. The van der Waals surface area contributed by atoms with Crippen LogP contribution in [0.2, 0.25) is 0 Å². The van der Waals surface area contributed by atoms with Crippen molar-refractivity contribution in [1.82, 2.24) is 19.9 Å². The maximum atomic E-state index is 12.0.